The van der Waals surface area contributed by atoms with Gasteiger partial charge in [-0.15, -0.1) is 10.2 Å². The smallest absolute Gasteiger partial charge is 0.273 e. The molecule has 1 aromatic rings. The number of nitrogens with zero attached hydrogens (tertiary/aromatic N) is 3. The van der Waals surface area contributed by atoms with Crippen molar-refractivity contribution in [3.63, 3.8) is 0 Å². The predicted molar refractivity (Wildman–Crippen MR) is 81.3 cm³/mol. The van der Waals surface area contributed by atoms with Gasteiger partial charge in [0.05, 0.1) is 0 Å². The fourth-order valence-corrected chi connectivity index (χ4v) is 3.92. The highest BCUT2D eigenvalue weighted by Crippen LogP contribution is 2.28. The minimum Gasteiger partial charge on any atom is -0.295 e. The summed E-state index contributed by atoms with van der Waals surface area (Å²) in [5.74, 6) is 1.44. The van der Waals surface area contributed by atoms with Crippen molar-refractivity contribution in [1.29, 1.82) is 0 Å². The van der Waals surface area contributed by atoms with Crippen LogP contribution in [0.25, 0.3) is 0 Å². The van der Waals surface area contributed by atoms with Gasteiger partial charge in [-0.05, 0) is 33.1 Å². The van der Waals surface area contributed by atoms with Gasteiger partial charge in [0.15, 0.2) is 0 Å². The van der Waals surface area contributed by atoms with Gasteiger partial charge in [-0.3, -0.25) is 4.57 Å². The lowest BCUT2D eigenvalue weighted by atomic mass is 9.86. The second kappa shape index (κ2) is 6.04. The van der Waals surface area contributed by atoms with Crippen LogP contribution in [0.5, 0.6) is 0 Å². The first-order valence-corrected chi connectivity index (χ1v) is 9.22. The van der Waals surface area contributed by atoms with Crippen LogP contribution in [0, 0.1) is 5.92 Å². The molecule has 1 fully saturated rings. The Balaban J connectivity index is 2.21. The normalized spacial score (nSPS) is 18.1. The predicted octanol–water partition coefficient (Wildman–Crippen LogP) is 2.19. The second-order valence-electron chi connectivity index (χ2n) is 6.99. The molecule has 0 aliphatic heterocycles. The summed E-state index contributed by atoms with van der Waals surface area (Å²) in [6, 6.07) is 0. The summed E-state index contributed by atoms with van der Waals surface area (Å²) in [6.07, 6.45) is 8.28. The van der Waals surface area contributed by atoms with Gasteiger partial charge in [-0.1, -0.05) is 32.1 Å². The molecule has 0 amide bonds. The fraction of sp³-hybridized carbons (Fsp3) is 0.857. The molecule has 2 N–H and O–H groups in total. The Kier molecular flexibility index (Phi) is 4.72. The van der Waals surface area contributed by atoms with Crippen molar-refractivity contribution in [3.05, 3.63) is 5.82 Å². The summed E-state index contributed by atoms with van der Waals surface area (Å²) in [5, 5.41) is 13.0. The highest BCUT2D eigenvalue weighted by Gasteiger charge is 2.28. The van der Waals surface area contributed by atoms with Crippen molar-refractivity contribution >= 4 is 10.0 Å². The molecule has 0 spiro atoms. The number of hydrogen-bond donors (Lipinski definition) is 1. The number of hydrogen-bond acceptors (Lipinski definition) is 4. The Morgan fingerprint density at radius 3 is 2.33 bits per heavy atom. The maximum Gasteiger partial charge on any atom is 0.273 e. The Hall–Kier alpha value is -0.950. The van der Waals surface area contributed by atoms with Crippen LogP contribution in [0.2, 0.25) is 0 Å². The molecular formula is C14H26N4O2S. The number of rotatable bonds is 4. The molecule has 1 aliphatic rings. The van der Waals surface area contributed by atoms with Crippen LogP contribution < -0.4 is 5.14 Å². The molecule has 2 rings (SSSR count). The maximum atomic E-state index is 11.7. The van der Waals surface area contributed by atoms with E-state index in [-0.39, 0.29) is 5.16 Å². The lowest BCUT2D eigenvalue weighted by Crippen LogP contribution is -2.30. The largest absolute Gasteiger partial charge is 0.295 e. The third-order valence-corrected chi connectivity index (χ3v) is 4.90. The van der Waals surface area contributed by atoms with Gasteiger partial charge in [0.2, 0.25) is 0 Å². The summed E-state index contributed by atoms with van der Waals surface area (Å²) in [4.78, 5) is 0. The van der Waals surface area contributed by atoms with E-state index >= 15 is 0 Å². The minimum atomic E-state index is -3.85. The van der Waals surface area contributed by atoms with Crippen molar-refractivity contribution in [2.75, 3.05) is 0 Å². The third kappa shape index (κ3) is 4.03. The van der Waals surface area contributed by atoms with Crippen molar-refractivity contribution in [3.8, 4) is 0 Å². The molecule has 0 unspecified atom stereocenters. The van der Waals surface area contributed by atoms with Crippen molar-refractivity contribution in [2.24, 2.45) is 11.1 Å². The monoisotopic (exact) mass is 314 g/mol. The number of aromatic nitrogens is 3. The molecule has 6 nitrogen and oxygen atoms in total. The molecule has 1 aliphatic carbocycles. The van der Waals surface area contributed by atoms with Crippen LogP contribution in [0.3, 0.4) is 0 Å². The fourth-order valence-electron chi connectivity index (χ4n) is 3.13. The van der Waals surface area contributed by atoms with Crippen LogP contribution >= 0.6 is 0 Å². The van der Waals surface area contributed by atoms with Gasteiger partial charge >= 0.3 is 0 Å². The highest BCUT2D eigenvalue weighted by molar-refractivity contribution is 7.89. The standard InChI is InChI=1S/C14H26N4O2S/c1-14(2,3)18-12(16-17-13(18)21(15,19)20)10-9-11-7-5-4-6-8-11/h11H,4-10H2,1-3H3,(H2,15,19,20). The molecule has 21 heavy (non-hydrogen) atoms. The van der Waals surface area contributed by atoms with Gasteiger partial charge < -0.3 is 0 Å². The molecule has 1 aromatic heterocycles. The van der Waals surface area contributed by atoms with Gasteiger partial charge in [-0.25, -0.2) is 13.6 Å². The lowest BCUT2D eigenvalue weighted by Gasteiger charge is -2.25. The molecule has 0 aromatic carbocycles. The van der Waals surface area contributed by atoms with E-state index < -0.39 is 15.6 Å². The third-order valence-electron chi connectivity index (χ3n) is 4.13. The number of sulfonamides is 1. The second-order valence-corrected chi connectivity index (χ2v) is 8.45. The van der Waals surface area contributed by atoms with E-state index in [0.29, 0.717) is 0 Å². The average Bonchev–Trinajstić information content (AvgIpc) is 2.81. The first-order chi connectivity index (χ1) is 9.69. The topological polar surface area (TPSA) is 90.9 Å². The number of primary sulfonamides is 1. The van der Waals surface area contributed by atoms with E-state index in [1.54, 1.807) is 4.57 Å². The number of aryl methyl sites for hydroxylation is 1. The molecule has 0 atom stereocenters. The van der Waals surface area contributed by atoms with E-state index in [0.717, 1.165) is 24.6 Å². The molecule has 7 heteroatoms. The molecule has 120 valence electrons. The molecule has 0 bridgehead atoms. The molecular weight excluding hydrogens is 288 g/mol. The first kappa shape index (κ1) is 16.4. The van der Waals surface area contributed by atoms with Crippen molar-refractivity contribution in [2.45, 2.75) is 76.4 Å². The van der Waals surface area contributed by atoms with Crippen LogP contribution in [0.4, 0.5) is 0 Å². The van der Waals surface area contributed by atoms with Crippen LogP contribution in [-0.4, -0.2) is 23.2 Å². The average molecular weight is 314 g/mol. The number of nitrogens with two attached hydrogens (primary N) is 1. The van der Waals surface area contributed by atoms with E-state index in [2.05, 4.69) is 10.2 Å². The van der Waals surface area contributed by atoms with Crippen molar-refractivity contribution in [1.82, 2.24) is 14.8 Å². The van der Waals surface area contributed by atoms with Crippen LogP contribution in [0.1, 0.15) is 65.1 Å². The summed E-state index contributed by atoms with van der Waals surface area (Å²) in [6.45, 7) is 5.82. The van der Waals surface area contributed by atoms with Crippen molar-refractivity contribution < 1.29 is 8.42 Å². The highest BCUT2D eigenvalue weighted by atomic mass is 32.2. The van der Waals surface area contributed by atoms with Gasteiger partial charge in [0.1, 0.15) is 5.82 Å². The van der Waals surface area contributed by atoms with E-state index in [1.165, 1.54) is 32.1 Å². The first-order valence-electron chi connectivity index (χ1n) is 7.67. The SMILES string of the molecule is CC(C)(C)n1c(CCC2CCCCC2)nnc1S(N)(=O)=O. The van der Waals surface area contributed by atoms with Gasteiger partial charge in [-0.2, -0.15) is 0 Å². The summed E-state index contributed by atoms with van der Waals surface area (Å²) < 4.78 is 25.0. The Morgan fingerprint density at radius 2 is 1.81 bits per heavy atom. The van der Waals surface area contributed by atoms with Crippen LogP contribution in [-0.2, 0) is 22.0 Å². The molecule has 1 saturated carbocycles. The summed E-state index contributed by atoms with van der Waals surface area (Å²) in [7, 11) is -3.85. The maximum absolute atomic E-state index is 11.7. The van der Waals surface area contributed by atoms with E-state index in [1.807, 2.05) is 20.8 Å². The lowest BCUT2D eigenvalue weighted by molar-refractivity contribution is 0.319. The zero-order valence-electron chi connectivity index (χ0n) is 13.2. The van der Waals surface area contributed by atoms with Gasteiger partial charge in [0, 0.05) is 12.0 Å². The quantitative estimate of drug-likeness (QED) is 0.922. The molecule has 0 radical (unpaired) electrons. The Morgan fingerprint density at radius 1 is 1.19 bits per heavy atom. The summed E-state index contributed by atoms with van der Waals surface area (Å²) >= 11 is 0. The molecule has 0 saturated heterocycles. The summed E-state index contributed by atoms with van der Waals surface area (Å²) in [5.41, 5.74) is -0.410. The van der Waals surface area contributed by atoms with E-state index in [4.69, 9.17) is 5.14 Å². The Labute approximate surface area is 127 Å². The molecule has 1 heterocycles. The van der Waals surface area contributed by atoms with Gasteiger partial charge in [0.25, 0.3) is 15.2 Å². The zero-order chi connectivity index (χ0) is 15.7. The Bertz CT molecular complexity index is 581. The van der Waals surface area contributed by atoms with Crippen LogP contribution in [0.15, 0.2) is 5.16 Å². The minimum absolute atomic E-state index is 0.131. The van der Waals surface area contributed by atoms with E-state index in [9.17, 15) is 8.42 Å². The zero-order valence-corrected chi connectivity index (χ0v) is 14.0.